The Morgan fingerprint density at radius 2 is 2.29 bits per heavy atom. The Morgan fingerprint density at radius 3 is 2.88 bits per heavy atom. The Kier molecular flexibility index (Phi) is 3.43. The van der Waals surface area contributed by atoms with Crippen LogP contribution in [0.4, 0.5) is 0 Å². The van der Waals surface area contributed by atoms with E-state index in [1.165, 1.54) is 11.1 Å². The highest BCUT2D eigenvalue weighted by molar-refractivity contribution is 5.19. The van der Waals surface area contributed by atoms with Crippen LogP contribution in [-0.4, -0.2) is 11.2 Å². The molecule has 1 aliphatic carbocycles. The van der Waals surface area contributed by atoms with Crippen molar-refractivity contribution in [2.45, 2.75) is 46.1 Å². The van der Waals surface area contributed by atoms with E-state index in [4.69, 9.17) is 4.42 Å². The molecule has 0 fully saturated rings. The molecule has 0 aliphatic heterocycles. The van der Waals surface area contributed by atoms with Crippen LogP contribution < -0.4 is 0 Å². The summed E-state index contributed by atoms with van der Waals surface area (Å²) in [6, 6.07) is 2.03. The molecule has 3 unspecified atom stereocenters. The molecule has 2 heteroatoms. The van der Waals surface area contributed by atoms with Crippen LogP contribution >= 0.6 is 0 Å². The van der Waals surface area contributed by atoms with E-state index in [1.54, 1.807) is 6.26 Å². The van der Waals surface area contributed by atoms with Crippen LogP contribution in [0.1, 0.15) is 39.2 Å². The molecule has 1 aliphatic rings. The van der Waals surface area contributed by atoms with Crippen molar-refractivity contribution in [1.82, 2.24) is 0 Å². The number of furan rings is 1. The van der Waals surface area contributed by atoms with E-state index in [-0.39, 0.29) is 11.5 Å². The highest BCUT2D eigenvalue weighted by Crippen LogP contribution is 2.45. The van der Waals surface area contributed by atoms with Crippen molar-refractivity contribution in [3.8, 4) is 0 Å². The smallest absolute Gasteiger partial charge is 0.0934 e. The first-order chi connectivity index (χ1) is 8.02. The van der Waals surface area contributed by atoms with E-state index in [1.807, 2.05) is 18.4 Å². The van der Waals surface area contributed by atoms with Gasteiger partial charge in [0.25, 0.3) is 0 Å². The summed E-state index contributed by atoms with van der Waals surface area (Å²) in [6.07, 6.45) is 8.35. The minimum Gasteiger partial charge on any atom is -0.472 e. The molecule has 1 heterocycles. The second kappa shape index (κ2) is 4.69. The first-order valence-electron chi connectivity index (χ1n) is 6.40. The van der Waals surface area contributed by atoms with Crippen LogP contribution in [0.25, 0.3) is 0 Å². The molecule has 0 bridgehead atoms. The van der Waals surface area contributed by atoms with Gasteiger partial charge in [0, 0.05) is 0 Å². The molecule has 1 N–H and O–H groups in total. The molecule has 0 amide bonds. The van der Waals surface area contributed by atoms with Crippen LogP contribution in [0.3, 0.4) is 0 Å². The summed E-state index contributed by atoms with van der Waals surface area (Å²) < 4.78 is 5.10. The van der Waals surface area contributed by atoms with E-state index < -0.39 is 0 Å². The molecule has 1 aromatic heterocycles. The maximum absolute atomic E-state index is 9.74. The molecular weight excluding hydrogens is 212 g/mol. The zero-order valence-electron chi connectivity index (χ0n) is 10.9. The van der Waals surface area contributed by atoms with E-state index in [0.717, 1.165) is 19.3 Å². The highest BCUT2D eigenvalue weighted by atomic mass is 16.3. The minimum absolute atomic E-state index is 0.205. The monoisotopic (exact) mass is 234 g/mol. The summed E-state index contributed by atoms with van der Waals surface area (Å²) >= 11 is 0. The third-order valence-electron chi connectivity index (χ3n) is 4.54. The SMILES string of the molecule is CC1=CC(O)CC(C)C1(C)CCc1ccoc1. The zero-order valence-corrected chi connectivity index (χ0v) is 10.9. The van der Waals surface area contributed by atoms with E-state index >= 15 is 0 Å². The molecule has 3 atom stereocenters. The fraction of sp³-hybridized carbons (Fsp3) is 0.600. The average Bonchev–Trinajstić information content (AvgIpc) is 2.76. The third-order valence-corrected chi connectivity index (χ3v) is 4.54. The molecular formula is C15H22O2. The lowest BCUT2D eigenvalue weighted by atomic mass is 9.64. The Hall–Kier alpha value is -1.02. The topological polar surface area (TPSA) is 33.4 Å². The van der Waals surface area contributed by atoms with E-state index in [9.17, 15) is 5.11 Å². The van der Waals surface area contributed by atoms with Gasteiger partial charge in [-0.15, -0.1) is 0 Å². The highest BCUT2D eigenvalue weighted by Gasteiger charge is 2.36. The van der Waals surface area contributed by atoms with Gasteiger partial charge in [-0.2, -0.15) is 0 Å². The number of aliphatic hydroxyl groups excluding tert-OH is 1. The van der Waals surface area contributed by atoms with Gasteiger partial charge in [0.2, 0.25) is 0 Å². The van der Waals surface area contributed by atoms with E-state index in [2.05, 4.69) is 20.8 Å². The molecule has 0 aromatic carbocycles. The maximum Gasteiger partial charge on any atom is 0.0934 e. The summed E-state index contributed by atoms with van der Waals surface area (Å²) in [4.78, 5) is 0. The van der Waals surface area contributed by atoms with Crippen molar-refractivity contribution >= 4 is 0 Å². The zero-order chi connectivity index (χ0) is 12.5. The standard InChI is InChI=1S/C15H22O2/c1-11-8-14(16)9-12(2)15(11,3)6-4-13-5-7-17-10-13/h5,7-8,10,12,14,16H,4,6,9H2,1-3H3. The fourth-order valence-electron chi connectivity index (χ4n) is 2.84. The molecule has 17 heavy (non-hydrogen) atoms. The Bertz CT molecular complexity index is 391. The van der Waals surface area contributed by atoms with Crippen LogP contribution in [-0.2, 0) is 6.42 Å². The van der Waals surface area contributed by atoms with Gasteiger partial charge in [-0.25, -0.2) is 0 Å². The predicted molar refractivity (Wildman–Crippen MR) is 68.7 cm³/mol. The van der Waals surface area contributed by atoms with Gasteiger partial charge < -0.3 is 9.52 Å². The van der Waals surface area contributed by atoms with Gasteiger partial charge in [0.1, 0.15) is 0 Å². The lowest BCUT2D eigenvalue weighted by Gasteiger charge is -2.41. The van der Waals surface area contributed by atoms with Crippen LogP contribution in [0, 0.1) is 11.3 Å². The average molecular weight is 234 g/mol. The molecule has 0 saturated heterocycles. The molecule has 2 nitrogen and oxygen atoms in total. The van der Waals surface area contributed by atoms with Crippen molar-refractivity contribution in [2.75, 3.05) is 0 Å². The van der Waals surface area contributed by atoms with Gasteiger partial charge in [-0.1, -0.05) is 25.5 Å². The summed E-state index contributed by atoms with van der Waals surface area (Å²) in [5.74, 6) is 0.523. The summed E-state index contributed by atoms with van der Waals surface area (Å²) in [6.45, 7) is 6.71. The molecule has 0 radical (unpaired) electrons. The third kappa shape index (κ3) is 2.47. The van der Waals surface area contributed by atoms with Crippen molar-refractivity contribution < 1.29 is 9.52 Å². The van der Waals surface area contributed by atoms with Crippen LogP contribution in [0.2, 0.25) is 0 Å². The fourth-order valence-corrected chi connectivity index (χ4v) is 2.84. The molecule has 1 aromatic rings. The van der Waals surface area contributed by atoms with Gasteiger partial charge >= 0.3 is 0 Å². The quantitative estimate of drug-likeness (QED) is 0.811. The number of hydrogen-bond acceptors (Lipinski definition) is 2. The first-order valence-corrected chi connectivity index (χ1v) is 6.40. The van der Waals surface area contributed by atoms with Crippen molar-refractivity contribution in [2.24, 2.45) is 11.3 Å². The van der Waals surface area contributed by atoms with E-state index in [0.29, 0.717) is 5.92 Å². The summed E-state index contributed by atoms with van der Waals surface area (Å²) in [7, 11) is 0. The van der Waals surface area contributed by atoms with Gasteiger partial charge in [0.15, 0.2) is 0 Å². The molecule has 0 saturated carbocycles. The number of aliphatic hydroxyl groups is 1. The lowest BCUT2D eigenvalue weighted by Crippen LogP contribution is -2.34. The minimum atomic E-state index is -0.257. The molecule has 2 rings (SSSR count). The lowest BCUT2D eigenvalue weighted by molar-refractivity contribution is 0.114. The number of aryl methyl sites for hydroxylation is 1. The first kappa shape index (κ1) is 12.4. The Labute approximate surface area is 103 Å². The largest absolute Gasteiger partial charge is 0.472 e. The van der Waals surface area contributed by atoms with Crippen LogP contribution in [0.5, 0.6) is 0 Å². The van der Waals surface area contributed by atoms with Crippen molar-refractivity contribution in [3.05, 3.63) is 35.8 Å². The van der Waals surface area contributed by atoms with Gasteiger partial charge in [0.05, 0.1) is 18.6 Å². The molecule has 94 valence electrons. The number of rotatable bonds is 3. The van der Waals surface area contributed by atoms with Crippen molar-refractivity contribution in [1.29, 1.82) is 0 Å². The van der Waals surface area contributed by atoms with Crippen molar-refractivity contribution in [3.63, 3.8) is 0 Å². The maximum atomic E-state index is 9.74. The predicted octanol–water partition coefficient (Wildman–Crippen LogP) is 3.57. The Morgan fingerprint density at radius 1 is 1.53 bits per heavy atom. The number of allylic oxidation sites excluding steroid dienone is 1. The normalized spacial score (nSPS) is 33.5. The second-order valence-corrected chi connectivity index (χ2v) is 5.60. The summed E-state index contributed by atoms with van der Waals surface area (Å²) in [5.41, 5.74) is 2.79. The van der Waals surface area contributed by atoms with Crippen LogP contribution in [0.15, 0.2) is 34.7 Å². The summed E-state index contributed by atoms with van der Waals surface area (Å²) in [5, 5.41) is 9.74. The van der Waals surface area contributed by atoms with Gasteiger partial charge in [-0.3, -0.25) is 0 Å². The second-order valence-electron chi connectivity index (χ2n) is 5.60. The van der Waals surface area contributed by atoms with Gasteiger partial charge in [-0.05, 0) is 49.1 Å². The molecule has 0 spiro atoms. The Balaban J connectivity index is 2.09. The number of hydrogen-bond donors (Lipinski definition) is 1.